The molecule has 1 aliphatic rings. The van der Waals surface area contributed by atoms with Gasteiger partial charge in [0.1, 0.15) is 10.6 Å². The Hall–Kier alpha value is -3.52. The Labute approximate surface area is 187 Å². The molecule has 3 N–H and O–H groups in total. The molecule has 0 radical (unpaired) electrons. The molecule has 0 spiro atoms. The summed E-state index contributed by atoms with van der Waals surface area (Å²) in [6.45, 7) is 0. The van der Waals surface area contributed by atoms with Crippen molar-refractivity contribution in [1.29, 1.82) is 0 Å². The van der Waals surface area contributed by atoms with Crippen LogP contribution in [-0.4, -0.2) is 24.4 Å². The topological polar surface area (TPSA) is 96.1 Å². The molecule has 164 valence electrons. The number of H-pyrrole nitrogens is 1. The molecule has 0 unspecified atom stereocenters. The van der Waals surface area contributed by atoms with Gasteiger partial charge >= 0.3 is 10.1 Å². The number of hydrogen-bond acceptors (Lipinski definition) is 6. The van der Waals surface area contributed by atoms with E-state index in [1.807, 2.05) is 30.3 Å². The first-order valence-electron chi connectivity index (χ1n) is 10.7. The number of nitrogens with one attached hydrogen (secondary N) is 3. The van der Waals surface area contributed by atoms with E-state index >= 15 is 0 Å². The molecular formula is C24H24N4O3S. The van der Waals surface area contributed by atoms with Crippen LogP contribution in [-0.2, 0) is 10.1 Å². The summed E-state index contributed by atoms with van der Waals surface area (Å²) in [5.41, 5.74) is 3.20. The molecule has 3 aromatic carbocycles. The Kier molecular flexibility index (Phi) is 5.45. The van der Waals surface area contributed by atoms with Crippen LogP contribution in [0.15, 0.2) is 77.7 Å². The Bertz CT molecular complexity index is 1310. The minimum Gasteiger partial charge on any atom is -0.382 e. The van der Waals surface area contributed by atoms with Gasteiger partial charge in [0.25, 0.3) is 0 Å². The van der Waals surface area contributed by atoms with Crippen LogP contribution in [0.5, 0.6) is 5.75 Å². The number of aromatic amines is 1. The Balaban J connectivity index is 1.30. The van der Waals surface area contributed by atoms with Gasteiger partial charge in [-0.25, -0.2) is 4.98 Å². The fraction of sp³-hybridized carbons (Fsp3) is 0.208. The highest BCUT2D eigenvalue weighted by Crippen LogP contribution is 2.26. The smallest absolute Gasteiger partial charge is 0.339 e. The Morgan fingerprint density at radius 1 is 0.906 bits per heavy atom. The molecule has 1 heterocycles. The number of imidazole rings is 1. The van der Waals surface area contributed by atoms with Crippen LogP contribution in [0, 0.1) is 0 Å². The fourth-order valence-electron chi connectivity index (χ4n) is 3.95. The molecular weight excluding hydrogens is 424 g/mol. The predicted molar refractivity (Wildman–Crippen MR) is 126 cm³/mol. The average Bonchev–Trinajstić information content (AvgIpc) is 3.43. The van der Waals surface area contributed by atoms with Gasteiger partial charge < -0.3 is 19.8 Å². The summed E-state index contributed by atoms with van der Waals surface area (Å²) in [4.78, 5) is 7.76. The Morgan fingerprint density at radius 2 is 1.66 bits per heavy atom. The summed E-state index contributed by atoms with van der Waals surface area (Å²) in [5.74, 6) is 0.778. The highest BCUT2D eigenvalue weighted by molar-refractivity contribution is 7.87. The van der Waals surface area contributed by atoms with Gasteiger partial charge in [-0.3, -0.25) is 0 Å². The molecule has 1 aromatic heterocycles. The quantitative estimate of drug-likeness (QED) is 0.326. The maximum atomic E-state index is 12.8. The van der Waals surface area contributed by atoms with E-state index in [-0.39, 0.29) is 10.6 Å². The van der Waals surface area contributed by atoms with Crippen molar-refractivity contribution in [3.63, 3.8) is 0 Å². The molecule has 8 heteroatoms. The second-order valence-corrected chi connectivity index (χ2v) is 9.49. The van der Waals surface area contributed by atoms with Gasteiger partial charge in [0.15, 0.2) is 0 Å². The lowest BCUT2D eigenvalue weighted by Gasteiger charge is -2.14. The van der Waals surface area contributed by atoms with Gasteiger partial charge in [0.2, 0.25) is 5.95 Å². The average molecular weight is 449 g/mol. The van der Waals surface area contributed by atoms with Gasteiger partial charge in [-0.2, -0.15) is 8.42 Å². The van der Waals surface area contributed by atoms with E-state index in [1.165, 1.54) is 12.8 Å². The van der Waals surface area contributed by atoms with Gasteiger partial charge in [0.05, 0.1) is 11.0 Å². The number of para-hydroxylation sites is 1. The molecule has 0 bridgehead atoms. The molecule has 1 aliphatic carbocycles. The highest BCUT2D eigenvalue weighted by Gasteiger charge is 2.19. The first-order valence-corrected chi connectivity index (χ1v) is 12.1. The van der Waals surface area contributed by atoms with Crippen molar-refractivity contribution in [3.05, 3.63) is 72.8 Å². The zero-order chi connectivity index (χ0) is 22.0. The number of aromatic nitrogens is 2. The van der Waals surface area contributed by atoms with Crippen LogP contribution in [0.25, 0.3) is 11.0 Å². The molecule has 1 saturated carbocycles. The van der Waals surface area contributed by atoms with Crippen molar-refractivity contribution in [2.75, 3.05) is 10.6 Å². The number of fused-ring (bicyclic) bond motifs is 1. The largest absolute Gasteiger partial charge is 0.382 e. The summed E-state index contributed by atoms with van der Waals surface area (Å²) in [5, 5.41) is 6.64. The van der Waals surface area contributed by atoms with E-state index in [0.717, 1.165) is 29.7 Å². The van der Waals surface area contributed by atoms with E-state index in [0.29, 0.717) is 17.5 Å². The third kappa shape index (κ3) is 4.55. The lowest BCUT2D eigenvalue weighted by molar-refractivity contribution is 0.486. The summed E-state index contributed by atoms with van der Waals surface area (Å²) in [6.07, 6.45) is 4.78. The first-order chi connectivity index (χ1) is 15.5. The zero-order valence-electron chi connectivity index (χ0n) is 17.4. The van der Waals surface area contributed by atoms with Crippen LogP contribution in [0.2, 0.25) is 0 Å². The van der Waals surface area contributed by atoms with Crippen molar-refractivity contribution in [3.8, 4) is 5.75 Å². The highest BCUT2D eigenvalue weighted by atomic mass is 32.2. The molecule has 0 atom stereocenters. The Morgan fingerprint density at radius 3 is 2.41 bits per heavy atom. The van der Waals surface area contributed by atoms with Gasteiger partial charge in [-0.05, 0) is 61.4 Å². The first kappa shape index (κ1) is 20.4. The summed E-state index contributed by atoms with van der Waals surface area (Å²) in [6, 6.07) is 21.8. The monoisotopic (exact) mass is 448 g/mol. The lowest BCUT2D eigenvalue weighted by Crippen LogP contribution is -2.14. The lowest BCUT2D eigenvalue weighted by atomic mass is 10.2. The van der Waals surface area contributed by atoms with E-state index in [2.05, 4.69) is 20.6 Å². The van der Waals surface area contributed by atoms with Crippen LogP contribution >= 0.6 is 0 Å². The van der Waals surface area contributed by atoms with Crippen molar-refractivity contribution in [2.45, 2.75) is 36.6 Å². The second kappa shape index (κ2) is 8.55. The SMILES string of the molecule is O=S(=O)(Oc1ccc2[nH]c(Nc3ccccc3)nc2c1)c1ccc(NC2CCCC2)cc1. The number of benzene rings is 3. The van der Waals surface area contributed by atoms with E-state index in [1.54, 1.807) is 42.5 Å². The van der Waals surface area contributed by atoms with Crippen LogP contribution in [0.4, 0.5) is 17.3 Å². The zero-order valence-corrected chi connectivity index (χ0v) is 18.2. The van der Waals surface area contributed by atoms with E-state index < -0.39 is 10.1 Å². The number of hydrogen-bond donors (Lipinski definition) is 3. The van der Waals surface area contributed by atoms with Crippen molar-refractivity contribution in [1.82, 2.24) is 9.97 Å². The summed E-state index contributed by atoms with van der Waals surface area (Å²) in [7, 11) is -3.95. The number of rotatable bonds is 7. The molecule has 0 saturated heterocycles. The molecule has 32 heavy (non-hydrogen) atoms. The minimum atomic E-state index is -3.95. The van der Waals surface area contributed by atoms with Gasteiger partial charge in [-0.1, -0.05) is 31.0 Å². The van der Waals surface area contributed by atoms with Crippen LogP contribution in [0.3, 0.4) is 0 Å². The standard InChI is InChI=1S/C24H24N4O3S/c29-32(30,21-13-10-19(11-14-21)25-17-8-4-5-9-17)31-20-12-15-22-23(16-20)28-24(27-22)26-18-6-2-1-3-7-18/h1-3,6-7,10-17,25H,4-5,8-9H2,(H2,26,27,28). The third-order valence-electron chi connectivity index (χ3n) is 5.57. The van der Waals surface area contributed by atoms with Crippen LogP contribution in [0.1, 0.15) is 25.7 Å². The molecule has 0 amide bonds. The molecule has 0 aliphatic heterocycles. The van der Waals surface area contributed by atoms with Gasteiger partial charge in [-0.15, -0.1) is 0 Å². The summed E-state index contributed by atoms with van der Waals surface area (Å²) < 4.78 is 30.9. The molecule has 4 aromatic rings. The molecule has 1 fully saturated rings. The number of nitrogens with zero attached hydrogens (tertiary/aromatic N) is 1. The molecule has 5 rings (SSSR count). The van der Waals surface area contributed by atoms with Crippen molar-refractivity contribution >= 4 is 38.5 Å². The van der Waals surface area contributed by atoms with E-state index in [4.69, 9.17) is 4.18 Å². The molecule has 7 nitrogen and oxygen atoms in total. The maximum Gasteiger partial charge on any atom is 0.339 e. The minimum absolute atomic E-state index is 0.114. The fourth-order valence-corrected chi connectivity index (χ4v) is 4.88. The van der Waals surface area contributed by atoms with Gasteiger partial charge in [0, 0.05) is 23.5 Å². The van der Waals surface area contributed by atoms with E-state index in [9.17, 15) is 8.42 Å². The summed E-state index contributed by atoms with van der Waals surface area (Å²) >= 11 is 0. The number of anilines is 3. The second-order valence-electron chi connectivity index (χ2n) is 7.94. The third-order valence-corrected chi connectivity index (χ3v) is 6.83. The van der Waals surface area contributed by atoms with Crippen molar-refractivity contribution < 1.29 is 12.6 Å². The van der Waals surface area contributed by atoms with Crippen LogP contribution < -0.4 is 14.8 Å². The predicted octanol–water partition coefficient (Wildman–Crippen LogP) is 5.43. The normalized spacial score (nSPS) is 14.5. The maximum absolute atomic E-state index is 12.8. The van der Waals surface area contributed by atoms with Crippen molar-refractivity contribution in [2.24, 2.45) is 0 Å².